The van der Waals surface area contributed by atoms with E-state index in [-0.39, 0.29) is 22.9 Å². The van der Waals surface area contributed by atoms with Gasteiger partial charge in [-0.15, -0.1) is 0 Å². The fourth-order valence-electron chi connectivity index (χ4n) is 2.76. The number of benzene rings is 1. The molecule has 25 heavy (non-hydrogen) atoms. The maximum absolute atomic E-state index is 13.4. The lowest BCUT2D eigenvalue weighted by Crippen LogP contribution is -2.46. The topological polar surface area (TPSA) is 50.4 Å². The number of rotatable bonds is 5. The van der Waals surface area contributed by atoms with Crippen molar-refractivity contribution >= 4 is 23.3 Å². The molecule has 0 saturated heterocycles. The Morgan fingerprint density at radius 1 is 1.28 bits per heavy atom. The van der Waals surface area contributed by atoms with Crippen molar-refractivity contribution in [1.82, 2.24) is 10.6 Å². The lowest BCUT2D eigenvalue weighted by molar-refractivity contribution is -0.141. The summed E-state index contributed by atoms with van der Waals surface area (Å²) in [4.78, 5) is 12.5. The average Bonchev–Trinajstić information content (AvgIpc) is 2.54. The van der Waals surface area contributed by atoms with E-state index in [2.05, 4.69) is 10.6 Å². The van der Waals surface area contributed by atoms with Crippen molar-refractivity contribution < 1.29 is 22.7 Å². The number of ether oxygens (including phenoxy) is 1. The van der Waals surface area contributed by atoms with Crippen molar-refractivity contribution in [2.24, 2.45) is 0 Å². The summed E-state index contributed by atoms with van der Waals surface area (Å²) in [7, 11) is 0. The van der Waals surface area contributed by atoms with Gasteiger partial charge >= 0.3 is 12.1 Å². The number of carbonyl (C=O) groups is 1. The van der Waals surface area contributed by atoms with Gasteiger partial charge in [-0.2, -0.15) is 13.2 Å². The van der Waals surface area contributed by atoms with E-state index in [0.717, 1.165) is 6.07 Å². The molecule has 4 nitrogen and oxygen atoms in total. The Morgan fingerprint density at radius 3 is 2.56 bits per heavy atom. The molecule has 1 aliphatic heterocycles. The van der Waals surface area contributed by atoms with E-state index in [9.17, 15) is 18.0 Å². The second-order valence-corrected chi connectivity index (χ2v) is 5.89. The second-order valence-electron chi connectivity index (χ2n) is 5.48. The van der Waals surface area contributed by atoms with E-state index in [1.165, 1.54) is 18.2 Å². The maximum Gasteiger partial charge on any atom is 0.416 e. The van der Waals surface area contributed by atoms with Crippen molar-refractivity contribution in [2.45, 2.75) is 38.9 Å². The molecular formula is C17H19F3N2O2S. The Bertz CT molecular complexity index is 701. The first-order chi connectivity index (χ1) is 11.8. The first kappa shape index (κ1) is 19.2. The number of nitrogens with one attached hydrogen (secondary N) is 2. The van der Waals surface area contributed by atoms with Crippen LogP contribution in [0.1, 0.15) is 43.9 Å². The minimum atomic E-state index is -4.55. The largest absolute Gasteiger partial charge is 0.463 e. The van der Waals surface area contributed by atoms with Crippen LogP contribution in [0.5, 0.6) is 0 Å². The standard InChI is InChI=1S/C17H19F3N2O2S/c1-3-7-12-13(15(23)24-4-2)14(22-16(25)21-12)10-8-5-6-9-11(10)17(18,19)20/h5-6,8-9,14H,3-4,7H2,1-2H3,(H2,21,22,25)/t14-/m0/s1. The number of halogens is 3. The summed E-state index contributed by atoms with van der Waals surface area (Å²) in [5.74, 6) is -0.657. The fourth-order valence-corrected chi connectivity index (χ4v) is 3.00. The highest BCUT2D eigenvalue weighted by Crippen LogP contribution is 2.38. The minimum absolute atomic E-state index is 0.0597. The predicted octanol–water partition coefficient (Wildman–Crippen LogP) is 3.84. The van der Waals surface area contributed by atoms with Crippen LogP contribution in [0.25, 0.3) is 0 Å². The van der Waals surface area contributed by atoms with Gasteiger partial charge in [0.1, 0.15) is 0 Å². The van der Waals surface area contributed by atoms with Crippen LogP contribution in [0.2, 0.25) is 0 Å². The quantitative estimate of drug-likeness (QED) is 0.608. The average molecular weight is 372 g/mol. The van der Waals surface area contributed by atoms with Crippen molar-refractivity contribution in [3.63, 3.8) is 0 Å². The number of hydrogen-bond donors (Lipinski definition) is 2. The fraction of sp³-hybridized carbons (Fsp3) is 0.412. The van der Waals surface area contributed by atoms with Crippen LogP contribution in [0.15, 0.2) is 35.5 Å². The predicted molar refractivity (Wildman–Crippen MR) is 91.6 cm³/mol. The van der Waals surface area contributed by atoms with Gasteiger partial charge < -0.3 is 15.4 Å². The van der Waals surface area contributed by atoms with Crippen LogP contribution >= 0.6 is 12.2 Å². The molecule has 0 radical (unpaired) electrons. The molecule has 0 amide bonds. The van der Waals surface area contributed by atoms with Crippen LogP contribution in [0.3, 0.4) is 0 Å². The Morgan fingerprint density at radius 2 is 1.96 bits per heavy atom. The molecular weight excluding hydrogens is 353 g/mol. The van der Waals surface area contributed by atoms with Crippen molar-refractivity contribution in [3.8, 4) is 0 Å². The van der Waals surface area contributed by atoms with Crippen LogP contribution in [0, 0.1) is 0 Å². The molecule has 0 saturated carbocycles. The second kappa shape index (κ2) is 7.86. The molecule has 1 heterocycles. The van der Waals surface area contributed by atoms with Gasteiger partial charge in [0.2, 0.25) is 0 Å². The molecule has 1 atom stereocenters. The van der Waals surface area contributed by atoms with Crippen LogP contribution in [-0.2, 0) is 15.7 Å². The van der Waals surface area contributed by atoms with E-state index in [1.807, 2.05) is 6.92 Å². The molecule has 2 N–H and O–H groups in total. The number of alkyl halides is 3. The van der Waals surface area contributed by atoms with Gasteiger partial charge in [-0.05, 0) is 37.2 Å². The molecule has 0 unspecified atom stereocenters. The van der Waals surface area contributed by atoms with Crippen molar-refractivity contribution in [3.05, 3.63) is 46.7 Å². The number of hydrogen-bond acceptors (Lipinski definition) is 3. The molecule has 1 aliphatic rings. The molecule has 0 aliphatic carbocycles. The van der Waals surface area contributed by atoms with Gasteiger partial charge in [-0.1, -0.05) is 31.5 Å². The summed E-state index contributed by atoms with van der Waals surface area (Å²) in [6.45, 7) is 3.67. The molecule has 0 aromatic heterocycles. The molecule has 0 bridgehead atoms. The molecule has 1 aromatic carbocycles. The first-order valence-electron chi connectivity index (χ1n) is 7.93. The summed E-state index contributed by atoms with van der Waals surface area (Å²) in [5.41, 5.74) is -0.244. The highest BCUT2D eigenvalue weighted by atomic mass is 32.1. The summed E-state index contributed by atoms with van der Waals surface area (Å²) in [6, 6.07) is 4.13. The van der Waals surface area contributed by atoms with Gasteiger partial charge in [-0.3, -0.25) is 0 Å². The smallest absolute Gasteiger partial charge is 0.416 e. The molecule has 8 heteroatoms. The first-order valence-corrected chi connectivity index (χ1v) is 8.34. The summed E-state index contributed by atoms with van der Waals surface area (Å²) in [5, 5.41) is 5.85. The summed E-state index contributed by atoms with van der Waals surface area (Å²) >= 11 is 5.13. The minimum Gasteiger partial charge on any atom is -0.463 e. The SMILES string of the molecule is CCCC1=C(C(=O)OCC)[C@H](c2ccccc2C(F)(F)F)NC(=S)N1. The monoisotopic (exact) mass is 372 g/mol. The van der Waals surface area contributed by atoms with Crippen LogP contribution < -0.4 is 10.6 Å². The Labute approximate surface area is 149 Å². The number of carbonyl (C=O) groups excluding carboxylic acids is 1. The highest BCUT2D eigenvalue weighted by Gasteiger charge is 2.39. The van der Waals surface area contributed by atoms with E-state index < -0.39 is 23.8 Å². The van der Waals surface area contributed by atoms with Gasteiger partial charge in [0, 0.05) is 5.70 Å². The molecule has 0 fully saturated rings. The maximum atomic E-state index is 13.4. The van der Waals surface area contributed by atoms with Crippen LogP contribution in [-0.4, -0.2) is 17.7 Å². The Hall–Kier alpha value is -2.09. The van der Waals surface area contributed by atoms with Gasteiger partial charge in [0.15, 0.2) is 5.11 Å². The lowest BCUT2D eigenvalue weighted by Gasteiger charge is -2.32. The zero-order valence-corrected chi connectivity index (χ0v) is 14.7. The van der Waals surface area contributed by atoms with Crippen molar-refractivity contribution in [1.29, 1.82) is 0 Å². The summed E-state index contributed by atoms with van der Waals surface area (Å²) in [6.07, 6.45) is -3.38. The zero-order chi connectivity index (χ0) is 18.6. The third kappa shape index (κ3) is 4.31. The number of esters is 1. The molecule has 1 aromatic rings. The normalized spacial score (nSPS) is 17.8. The zero-order valence-electron chi connectivity index (χ0n) is 13.9. The van der Waals surface area contributed by atoms with Crippen LogP contribution in [0.4, 0.5) is 13.2 Å². The van der Waals surface area contributed by atoms with E-state index in [0.29, 0.717) is 18.5 Å². The van der Waals surface area contributed by atoms with Gasteiger partial charge in [0.25, 0.3) is 0 Å². The van der Waals surface area contributed by atoms with E-state index in [4.69, 9.17) is 17.0 Å². The summed E-state index contributed by atoms with van der Waals surface area (Å²) < 4.78 is 45.3. The number of thiocarbonyl (C=S) groups is 1. The number of allylic oxidation sites excluding steroid dienone is 1. The molecule has 136 valence electrons. The molecule has 2 rings (SSSR count). The van der Waals surface area contributed by atoms with Gasteiger partial charge in [-0.25, -0.2) is 4.79 Å². The lowest BCUT2D eigenvalue weighted by atomic mass is 9.90. The Kier molecular flexibility index (Phi) is 6.05. The van der Waals surface area contributed by atoms with E-state index >= 15 is 0 Å². The third-order valence-electron chi connectivity index (χ3n) is 3.73. The van der Waals surface area contributed by atoms with Gasteiger partial charge in [0.05, 0.1) is 23.8 Å². The molecule has 0 spiro atoms. The Balaban J connectivity index is 2.63. The highest BCUT2D eigenvalue weighted by molar-refractivity contribution is 7.80. The third-order valence-corrected chi connectivity index (χ3v) is 3.95. The van der Waals surface area contributed by atoms with E-state index in [1.54, 1.807) is 6.92 Å². The van der Waals surface area contributed by atoms with Crippen molar-refractivity contribution in [2.75, 3.05) is 6.61 Å².